The van der Waals surface area contributed by atoms with Crippen molar-refractivity contribution in [2.45, 2.75) is 38.8 Å². The van der Waals surface area contributed by atoms with Crippen LogP contribution >= 0.6 is 0 Å². The van der Waals surface area contributed by atoms with Gasteiger partial charge in [0.2, 0.25) is 11.8 Å². The van der Waals surface area contributed by atoms with E-state index in [2.05, 4.69) is 23.1 Å². The van der Waals surface area contributed by atoms with Gasteiger partial charge in [0.1, 0.15) is 11.5 Å². The molecule has 8 nitrogen and oxygen atoms in total. The third-order valence-corrected chi connectivity index (χ3v) is 8.31. The van der Waals surface area contributed by atoms with Gasteiger partial charge in [0.25, 0.3) is 0 Å². The zero-order valence-corrected chi connectivity index (χ0v) is 23.1. The first kappa shape index (κ1) is 27.5. The van der Waals surface area contributed by atoms with Crippen LogP contribution in [0, 0.1) is 11.8 Å². The van der Waals surface area contributed by atoms with E-state index in [-0.39, 0.29) is 17.7 Å². The van der Waals surface area contributed by atoms with Crippen LogP contribution in [0.2, 0.25) is 0 Å². The molecule has 0 spiro atoms. The first-order chi connectivity index (χ1) is 19.1. The summed E-state index contributed by atoms with van der Waals surface area (Å²) >= 11 is 0. The molecule has 0 saturated carbocycles. The van der Waals surface area contributed by atoms with Crippen LogP contribution < -0.4 is 9.47 Å². The molecule has 39 heavy (non-hydrogen) atoms. The van der Waals surface area contributed by atoms with E-state index < -0.39 is 0 Å². The zero-order valence-electron chi connectivity index (χ0n) is 23.1. The van der Waals surface area contributed by atoms with Crippen molar-refractivity contribution >= 4 is 11.8 Å². The maximum absolute atomic E-state index is 13.7. The van der Waals surface area contributed by atoms with Crippen LogP contribution in [-0.2, 0) is 27.4 Å². The fraction of sp³-hybridized carbons (Fsp3) is 0.548. The molecule has 8 heteroatoms. The molecule has 0 aromatic heterocycles. The van der Waals surface area contributed by atoms with Gasteiger partial charge < -0.3 is 24.0 Å². The van der Waals surface area contributed by atoms with Crippen molar-refractivity contribution in [3.05, 3.63) is 59.7 Å². The Hall–Kier alpha value is -3.10. The number of methoxy groups -OCH3 is 1. The number of amides is 2. The number of carbonyl (C=O) groups is 2. The number of para-hydroxylation sites is 1. The third-order valence-electron chi connectivity index (χ3n) is 8.31. The number of ether oxygens (including phenoxy) is 3. The number of piperidine rings is 1. The van der Waals surface area contributed by atoms with Gasteiger partial charge in [-0.25, -0.2) is 0 Å². The van der Waals surface area contributed by atoms with Crippen molar-refractivity contribution in [2.24, 2.45) is 11.8 Å². The van der Waals surface area contributed by atoms with Crippen LogP contribution in [0.4, 0.5) is 0 Å². The second kappa shape index (κ2) is 13.3. The largest absolute Gasteiger partial charge is 0.497 e. The summed E-state index contributed by atoms with van der Waals surface area (Å²) in [6.07, 6.45) is 3.27. The lowest BCUT2D eigenvalue weighted by atomic mass is 9.80. The van der Waals surface area contributed by atoms with E-state index in [9.17, 15) is 9.59 Å². The van der Waals surface area contributed by atoms with Crippen molar-refractivity contribution in [3.8, 4) is 11.5 Å². The maximum Gasteiger partial charge on any atom is 0.236 e. The summed E-state index contributed by atoms with van der Waals surface area (Å²) in [6, 6.07) is 16.2. The second-order valence-electron chi connectivity index (χ2n) is 10.9. The maximum atomic E-state index is 13.7. The van der Waals surface area contributed by atoms with Gasteiger partial charge in [-0.2, -0.15) is 0 Å². The first-order valence-electron chi connectivity index (χ1n) is 14.3. The van der Waals surface area contributed by atoms with Crippen LogP contribution in [0.1, 0.15) is 36.8 Å². The lowest BCUT2D eigenvalue weighted by Crippen LogP contribution is -2.49. The average molecular weight is 536 g/mol. The van der Waals surface area contributed by atoms with Gasteiger partial charge in [0.15, 0.2) is 0 Å². The average Bonchev–Trinajstić information content (AvgIpc) is 2.98. The van der Waals surface area contributed by atoms with Crippen molar-refractivity contribution < 1.29 is 23.8 Å². The molecule has 2 atom stereocenters. The Balaban J connectivity index is 1.32. The molecule has 0 aliphatic carbocycles. The van der Waals surface area contributed by atoms with E-state index in [0.29, 0.717) is 78.0 Å². The molecule has 2 aromatic carbocycles. The number of nitrogens with zero attached hydrogens (tertiary/aromatic N) is 3. The second-order valence-corrected chi connectivity index (χ2v) is 10.9. The highest BCUT2D eigenvalue weighted by molar-refractivity contribution is 5.79. The number of carbonyl (C=O) groups excluding carboxylic acids is 2. The minimum absolute atomic E-state index is 0.157. The van der Waals surface area contributed by atoms with Gasteiger partial charge in [0.05, 0.1) is 33.5 Å². The smallest absolute Gasteiger partial charge is 0.236 e. The molecule has 3 heterocycles. The fourth-order valence-electron chi connectivity index (χ4n) is 6.06. The highest BCUT2D eigenvalue weighted by Gasteiger charge is 2.34. The number of morpholine rings is 1. The number of benzene rings is 2. The number of hydrogen-bond donors (Lipinski definition) is 0. The number of hydrogen-bond acceptors (Lipinski definition) is 6. The molecule has 210 valence electrons. The predicted molar refractivity (Wildman–Crippen MR) is 148 cm³/mol. The summed E-state index contributed by atoms with van der Waals surface area (Å²) in [4.78, 5) is 32.9. The topological polar surface area (TPSA) is 71.6 Å². The van der Waals surface area contributed by atoms with Crippen LogP contribution in [0.3, 0.4) is 0 Å². The van der Waals surface area contributed by atoms with Crippen molar-refractivity contribution in [1.29, 1.82) is 0 Å². The van der Waals surface area contributed by atoms with Crippen LogP contribution in [0.25, 0.3) is 0 Å². The van der Waals surface area contributed by atoms with Crippen LogP contribution in [0.15, 0.2) is 48.5 Å². The monoisotopic (exact) mass is 535 g/mol. The number of rotatable bonds is 5. The molecule has 3 aliphatic rings. The molecule has 0 N–H and O–H groups in total. The van der Waals surface area contributed by atoms with Gasteiger partial charge in [-0.3, -0.25) is 14.5 Å². The van der Waals surface area contributed by atoms with E-state index in [0.717, 1.165) is 41.9 Å². The SMILES string of the molecule is COc1ccc(CN2CC(=O)N3CC[C@@H](CC(=O)N4CCOCC4)[C@@H](CCCOc4ccccc4C2)C3)cc1. The van der Waals surface area contributed by atoms with Crippen molar-refractivity contribution in [2.75, 3.05) is 59.7 Å². The van der Waals surface area contributed by atoms with Gasteiger partial charge in [-0.1, -0.05) is 30.3 Å². The molecular formula is C31H41N3O5. The van der Waals surface area contributed by atoms with E-state index >= 15 is 0 Å². The van der Waals surface area contributed by atoms with E-state index in [1.165, 1.54) is 0 Å². The lowest BCUT2D eigenvalue weighted by molar-refractivity contribution is -0.139. The molecule has 5 rings (SSSR count). The van der Waals surface area contributed by atoms with E-state index in [4.69, 9.17) is 14.2 Å². The molecule has 0 unspecified atom stereocenters. The van der Waals surface area contributed by atoms with E-state index in [1.54, 1.807) is 7.11 Å². The first-order valence-corrected chi connectivity index (χ1v) is 14.3. The molecule has 3 aliphatic heterocycles. The Bertz CT molecular complexity index is 1100. The summed E-state index contributed by atoms with van der Waals surface area (Å²) < 4.78 is 17.0. The highest BCUT2D eigenvalue weighted by Crippen LogP contribution is 2.32. The molecular weight excluding hydrogens is 494 g/mol. The standard InChI is InChI=1S/C31H41N3O5/c1-37-28-10-8-24(9-11-28)20-32-21-27-5-2-3-7-29(27)39-16-4-6-26-22-34(31(36)23-32)13-12-25(26)19-30(35)33-14-17-38-18-15-33/h2-3,5,7-11,25-26H,4,6,12-23H2,1H3/t25-,26-/m0/s1. The predicted octanol–water partition coefficient (Wildman–Crippen LogP) is 3.58. The Morgan fingerprint density at radius 1 is 0.974 bits per heavy atom. The molecule has 0 radical (unpaired) electrons. The minimum atomic E-state index is 0.157. The molecule has 2 aromatic rings. The molecule has 2 saturated heterocycles. The van der Waals surface area contributed by atoms with Gasteiger partial charge in [-0.05, 0) is 54.9 Å². The fourth-order valence-corrected chi connectivity index (χ4v) is 6.06. The quantitative estimate of drug-likeness (QED) is 0.583. The van der Waals surface area contributed by atoms with Crippen LogP contribution in [0.5, 0.6) is 11.5 Å². The zero-order chi connectivity index (χ0) is 27.0. The van der Waals surface area contributed by atoms with Gasteiger partial charge in [0, 0.05) is 51.3 Å². The molecule has 2 bridgehead atoms. The summed E-state index contributed by atoms with van der Waals surface area (Å²) in [5.41, 5.74) is 2.22. The van der Waals surface area contributed by atoms with Gasteiger partial charge in [-0.15, -0.1) is 0 Å². The summed E-state index contributed by atoms with van der Waals surface area (Å²) in [6.45, 7) is 6.26. The van der Waals surface area contributed by atoms with Gasteiger partial charge >= 0.3 is 0 Å². The Labute approximate surface area is 231 Å². The Morgan fingerprint density at radius 2 is 1.77 bits per heavy atom. The van der Waals surface area contributed by atoms with Crippen molar-refractivity contribution in [3.63, 3.8) is 0 Å². The Kier molecular flexibility index (Phi) is 9.37. The van der Waals surface area contributed by atoms with E-state index in [1.807, 2.05) is 40.1 Å². The minimum Gasteiger partial charge on any atom is -0.497 e. The highest BCUT2D eigenvalue weighted by atomic mass is 16.5. The summed E-state index contributed by atoms with van der Waals surface area (Å²) in [5.74, 6) is 2.66. The summed E-state index contributed by atoms with van der Waals surface area (Å²) in [7, 11) is 1.67. The Morgan fingerprint density at radius 3 is 2.56 bits per heavy atom. The molecule has 2 fully saturated rings. The summed E-state index contributed by atoms with van der Waals surface area (Å²) in [5, 5.41) is 0. The normalized spacial score (nSPS) is 23.1. The lowest BCUT2D eigenvalue weighted by Gasteiger charge is -2.40. The molecule has 2 amide bonds. The van der Waals surface area contributed by atoms with Crippen LogP contribution in [-0.4, -0.2) is 86.2 Å². The third kappa shape index (κ3) is 7.31. The van der Waals surface area contributed by atoms with Crippen molar-refractivity contribution in [1.82, 2.24) is 14.7 Å². The number of fused-ring (bicyclic) bond motifs is 3.